The molecule has 3 aromatic carbocycles. The molecule has 3 rings (SSSR count). The number of fused-ring (bicyclic) bond motifs is 2. The Morgan fingerprint density at radius 1 is 0.882 bits per heavy atom. The Bertz CT molecular complexity index is 704. The molecule has 0 aliphatic carbocycles. The summed E-state index contributed by atoms with van der Waals surface area (Å²) in [6, 6.07) is 16.4. The van der Waals surface area contributed by atoms with E-state index < -0.39 is 0 Å². The van der Waals surface area contributed by atoms with Crippen molar-refractivity contribution in [3.63, 3.8) is 0 Å². The van der Waals surface area contributed by atoms with Crippen LogP contribution in [0.15, 0.2) is 53.0 Å². The molecule has 0 aromatic heterocycles. The zero-order valence-corrected chi connectivity index (χ0v) is 10.7. The van der Waals surface area contributed by atoms with Crippen LogP contribution in [0.25, 0.3) is 21.5 Å². The van der Waals surface area contributed by atoms with Crippen molar-refractivity contribution in [2.45, 2.75) is 6.61 Å². The van der Waals surface area contributed by atoms with Crippen molar-refractivity contribution in [2.24, 2.45) is 0 Å². The Morgan fingerprint density at radius 2 is 1.65 bits per heavy atom. The normalized spacial score (nSPS) is 11.2. The van der Waals surface area contributed by atoms with Gasteiger partial charge >= 0.3 is 0 Å². The highest BCUT2D eigenvalue weighted by molar-refractivity contribution is 9.10. The van der Waals surface area contributed by atoms with Crippen molar-refractivity contribution in [2.75, 3.05) is 0 Å². The van der Waals surface area contributed by atoms with Gasteiger partial charge in [0.25, 0.3) is 0 Å². The first-order valence-electron chi connectivity index (χ1n) is 5.51. The molecule has 0 heterocycles. The largest absolute Gasteiger partial charge is 0.392 e. The lowest BCUT2D eigenvalue weighted by molar-refractivity contribution is 0.283. The van der Waals surface area contributed by atoms with E-state index in [0.717, 1.165) is 20.8 Å². The van der Waals surface area contributed by atoms with Gasteiger partial charge in [0.2, 0.25) is 0 Å². The van der Waals surface area contributed by atoms with Crippen molar-refractivity contribution < 1.29 is 5.11 Å². The molecule has 0 radical (unpaired) electrons. The van der Waals surface area contributed by atoms with Crippen molar-refractivity contribution in [1.82, 2.24) is 0 Å². The fourth-order valence-corrected chi connectivity index (χ4v) is 2.94. The molecule has 0 spiro atoms. The summed E-state index contributed by atoms with van der Waals surface area (Å²) >= 11 is 3.66. The van der Waals surface area contributed by atoms with Gasteiger partial charge in [-0.05, 0) is 49.1 Å². The van der Waals surface area contributed by atoms with Gasteiger partial charge in [-0.25, -0.2) is 0 Å². The quantitative estimate of drug-likeness (QED) is 0.663. The minimum Gasteiger partial charge on any atom is -0.392 e. The van der Waals surface area contributed by atoms with Crippen LogP contribution < -0.4 is 0 Å². The number of hydrogen-bond donors (Lipinski definition) is 1. The number of benzene rings is 3. The van der Waals surface area contributed by atoms with Crippen LogP contribution in [0.1, 0.15) is 5.56 Å². The minimum absolute atomic E-state index is 0.0715. The van der Waals surface area contributed by atoms with Crippen LogP contribution in [-0.2, 0) is 6.61 Å². The highest BCUT2D eigenvalue weighted by Crippen LogP contribution is 2.34. The Morgan fingerprint density at radius 3 is 2.47 bits per heavy atom. The predicted molar refractivity (Wildman–Crippen MR) is 75.1 cm³/mol. The summed E-state index contributed by atoms with van der Waals surface area (Å²) in [5.74, 6) is 0. The van der Waals surface area contributed by atoms with Gasteiger partial charge in [-0.2, -0.15) is 0 Å². The summed E-state index contributed by atoms with van der Waals surface area (Å²) < 4.78 is 1.10. The van der Waals surface area contributed by atoms with E-state index in [1.807, 2.05) is 24.3 Å². The van der Waals surface area contributed by atoms with E-state index in [9.17, 15) is 5.11 Å². The van der Waals surface area contributed by atoms with Gasteiger partial charge in [0, 0.05) is 4.47 Å². The molecule has 0 unspecified atom stereocenters. The van der Waals surface area contributed by atoms with E-state index >= 15 is 0 Å². The van der Waals surface area contributed by atoms with Gasteiger partial charge in [0.1, 0.15) is 0 Å². The van der Waals surface area contributed by atoms with E-state index in [-0.39, 0.29) is 6.61 Å². The van der Waals surface area contributed by atoms with E-state index in [1.165, 1.54) is 10.8 Å². The Balaban J connectivity index is 2.54. The van der Waals surface area contributed by atoms with E-state index in [4.69, 9.17) is 0 Å². The van der Waals surface area contributed by atoms with Crippen molar-refractivity contribution in [3.05, 3.63) is 58.6 Å². The predicted octanol–water partition coefficient (Wildman–Crippen LogP) is 4.25. The zero-order chi connectivity index (χ0) is 11.8. The molecule has 2 heteroatoms. The molecule has 0 saturated carbocycles. The van der Waals surface area contributed by atoms with Crippen molar-refractivity contribution in [1.29, 1.82) is 0 Å². The Kier molecular flexibility index (Phi) is 2.61. The summed E-state index contributed by atoms with van der Waals surface area (Å²) in [5, 5.41) is 14.0. The number of aliphatic hydroxyl groups excluding tert-OH is 1. The second kappa shape index (κ2) is 4.13. The second-order valence-corrected chi connectivity index (χ2v) is 4.88. The number of aliphatic hydroxyl groups is 1. The fraction of sp³-hybridized carbons (Fsp3) is 0.0667. The van der Waals surface area contributed by atoms with E-state index in [2.05, 4.69) is 40.2 Å². The molecule has 0 bridgehead atoms. The van der Waals surface area contributed by atoms with Crippen LogP contribution in [0.2, 0.25) is 0 Å². The van der Waals surface area contributed by atoms with Gasteiger partial charge in [-0.1, -0.05) is 42.5 Å². The lowest BCUT2D eigenvalue weighted by atomic mass is 10.00. The third-order valence-electron chi connectivity index (χ3n) is 3.10. The Labute approximate surface area is 108 Å². The van der Waals surface area contributed by atoms with E-state index in [1.54, 1.807) is 0 Å². The fourth-order valence-electron chi connectivity index (χ4n) is 2.24. The third-order valence-corrected chi connectivity index (χ3v) is 3.95. The summed E-state index contributed by atoms with van der Waals surface area (Å²) in [5.41, 5.74) is 0.967. The summed E-state index contributed by atoms with van der Waals surface area (Å²) in [6.07, 6.45) is 0. The van der Waals surface area contributed by atoms with Crippen LogP contribution >= 0.6 is 15.9 Å². The SMILES string of the molecule is OCc1cccc2c(Br)c3ccccc3cc12. The van der Waals surface area contributed by atoms with Gasteiger partial charge < -0.3 is 5.11 Å². The molecule has 84 valence electrons. The average Bonchev–Trinajstić information content (AvgIpc) is 2.38. The van der Waals surface area contributed by atoms with Crippen molar-refractivity contribution >= 4 is 37.5 Å². The van der Waals surface area contributed by atoms with Crippen molar-refractivity contribution in [3.8, 4) is 0 Å². The third kappa shape index (κ3) is 1.65. The van der Waals surface area contributed by atoms with Crippen LogP contribution in [-0.4, -0.2) is 5.11 Å². The summed E-state index contributed by atoms with van der Waals surface area (Å²) in [4.78, 5) is 0. The number of hydrogen-bond acceptors (Lipinski definition) is 1. The summed E-state index contributed by atoms with van der Waals surface area (Å²) in [7, 11) is 0. The molecule has 0 aliphatic rings. The average molecular weight is 287 g/mol. The standard InChI is InChI=1S/C15H11BrO/c16-15-12-6-2-1-4-10(12)8-14-11(9-17)5-3-7-13(14)15/h1-8,17H,9H2. The van der Waals surface area contributed by atoms with Gasteiger partial charge in [-0.15, -0.1) is 0 Å². The minimum atomic E-state index is 0.0715. The maximum absolute atomic E-state index is 9.38. The molecule has 1 N–H and O–H groups in total. The first-order chi connectivity index (χ1) is 8.31. The maximum atomic E-state index is 9.38. The van der Waals surface area contributed by atoms with Crippen LogP contribution in [0.3, 0.4) is 0 Å². The molecule has 1 nitrogen and oxygen atoms in total. The van der Waals surface area contributed by atoms with Crippen LogP contribution in [0.4, 0.5) is 0 Å². The smallest absolute Gasteiger partial charge is 0.0687 e. The van der Waals surface area contributed by atoms with Gasteiger partial charge in [0.15, 0.2) is 0 Å². The molecular formula is C15H11BrO. The topological polar surface area (TPSA) is 20.2 Å². The van der Waals surface area contributed by atoms with Gasteiger partial charge in [-0.3, -0.25) is 0 Å². The maximum Gasteiger partial charge on any atom is 0.0687 e. The van der Waals surface area contributed by atoms with Gasteiger partial charge in [0.05, 0.1) is 6.61 Å². The monoisotopic (exact) mass is 286 g/mol. The lowest BCUT2D eigenvalue weighted by Gasteiger charge is -2.09. The molecule has 0 atom stereocenters. The number of rotatable bonds is 1. The molecule has 17 heavy (non-hydrogen) atoms. The summed E-state index contributed by atoms with van der Waals surface area (Å²) in [6.45, 7) is 0.0715. The molecule has 0 amide bonds. The first kappa shape index (κ1) is 10.8. The highest BCUT2D eigenvalue weighted by atomic mass is 79.9. The van der Waals surface area contributed by atoms with Crippen LogP contribution in [0.5, 0.6) is 0 Å². The Hall–Kier alpha value is -1.38. The molecule has 3 aromatic rings. The molecule has 0 saturated heterocycles. The lowest BCUT2D eigenvalue weighted by Crippen LogP contribution is -1.87. The van der Waals surface area contributed by atoms with E-state index in [0.29, 0.717) is 0 Å². The second-order valence-electron chi connectivity index (χ2n) is 4.08. The molecular weight excluding hydrogens is 276 g/mol. The molecule has 0 fully saturated rings. The molecule has 0 aliphatic heterocycles. The zero-order valence-electron chi connectivity index (χ0n) is 9.15. The van der Waals surface area contributed by atoms with Crippen LogP contribution in [0, 0.1) is 0 Å². The first-order valence-corrected chi connectivity index (χ1v) is 6.30. The number of halogens is 1. The highest BCUT2D eigenvalue weighted by Gasteiger charge is 2.07.